The van der Waals surface area contributed by atoms with Gasteiger partial charge in [0.05, 0.1) is 25.9 Å². The van der Waals surface area contributed by atoms with E-state index in [0.29, 0.717) is 0 Å². The number of benzene rings is 1. The van der Waals surface area contributed by atoms with Gasteiger partial charge in [0.15, 0.2) is 12.5 Å². The van der Waals surface area contributed by atoms with Gasteiger partial charge in [-0.15, -0.1) is 5.10 Å². The van der Waals surface area contributed by atoms with Crippen LogP contribution in [0.4, 0.5) is 0 Å². The molecule has 1 atom stereocenters. The van der Waals surface area contributed by atoms with Gasteiger partial charge in [0.25, 0.3) is 0 Å². The molecule has 2 saturated heterocycles. The molecule has 6 nitrogen and oxygen atoms in total. The van der Waals surface area contributed by atoms with E-state index >= 15 is 0 Å². The molecule has 8 heteroatoms. The molecule has 1 N–H and O–H groups in total. The fraction of sp³-hybridized carbons (Fsp3) is 0.556. The van der Waals surface area contributed by atoms with Crippen molar-refractivity contribution in [2.45, 2.75) is 32.2 Å². The van der Waals surface area contributed by atoms with Crippen molar-refractivity contribution in [3.63, 3.8) is 0 Å². The Morgan fingerprint density at radius 3 is 2.65 bits per heavy atom. The minimum Gasteiger partial charge on any atom is -0.376 e. The Bertz CT molecular complexity index is 793. The Balaban J connectivity index is 1.66. The molecule has 3 heterocycles. The van der Waals surface area contributed by atoms with Gasteiger partial charge in [-0.2, -0.15) is 4.68 Å². The van der Waals surface area contributed by atoms with Gasteiger partial charge in [-0.05, 0) is 49.3 Å². The standard InChI is InChI=1S/C18H23ClN4O2S/c19-15-5-3-14(4-6-15)17-20-23(13-21-7-10-24-11-8-21)18(26)22(17)12-16-2-1-9-25-16/h3-6,16H,1-2,7-13H2/p+1/t16-/m1/s1. The molecule has 26 heavy (non-hydrogen) atoms. The predicted octanol–water partition coefficient (Wildman–Crippen LogP) is 1.79. The van der Waals surface area contributed by atoms with Crippen LogP contribution in [-0.4, -0.2) is 53.4 Å². The van der Waals surface area contributed by atoms with Gasteiger partial charge in [-0.25, -0.2) is 0 Å². The number of quaternary nitrogens is 1. The fourth-order valence-electron chi connectivity index (χ4n) is 3.54. The van der Waals surface area contributed by atoms with Crippen LogP contribution in [0.5, 0.6) is 0 Å². The van der Waals surface area contributed by atoms with Crippen molar-refractivity contribution in [3.05, 3.63) is 34.1 Å². The number of hydrogen-bond donors (Lipinski definition) is 1. The lowest BCUT2D eigenvalue weighted by Gasteiger charge is -2.23. The predicted molar refractivity (Wildman–Crippen MR) is 102 cm³/mol. The normalized spacial score (nSPS) is 21.3. The highest BCUT2D eigenvalue weighted by Crippen LogP contribution is 2.23. The number of morpholine rings is 1. The Morgan fingerprint density at radius 2 is 1.96 bits per heavy atom. The summed E-state index contributed by atoms with van der Waals surface area (Å²) in [5.41, 5.74) is 1.02. The summed E-state index contributed by atoms with van der Waals surface area (Å²) in [4.78, 5) is 1.44. The summed E-state index contributed by atoms with van der Waals surface area (Å²) in [5, 5.41) is 5.58. The van der Waals surface area contributed by atoms with E-state index in [1.54, 1.807) is 0 Å². The maximum Gasteiger partial charge on any atom is 0.203 e. The first kappa shape index (κ1) is 18.1. The van der Waals surface area contributed by atoms with E-state index in [-0.39, 0.29) is 6.10 Å². The minimum atomic E-state index is 0.209. The number of halogens is 1. The zero-order chi connectivity index (χ0) is 17.9. The molecule has 2 fully saturated rings. The van der Waals surface area contributed by atoms with Crippen LogP contribution in [0.3, 0.4) is 0 Å². The smallest absolute Gasteiger partial charge is 0.203 e. The first-order valence-corrected chi connectivity index (χ1v) is 9.96. The molecular formula is C18H24ClN4O2S+. The molecule has 1 aromatic heterocycles. The molecule has 0 amide bonds. The summed E-state index contributed by atoms with van der Waals surface area (Å²) >= 11 is 11.8. The van der Waals surface area contributed by atoms with Crippen LogP contribution in [0.15, 0.2) is 24.3 Å². The minimum absolute atomic E-state index is 0.209. The number of rotatable bonds is 5. The van der Waals surface area contributed by atoms with Crippen molar-refractivity contribution in [1.29, 1.82) is 0 Å². The maximum absolute atomic E-state index is 6.05. The molecule has 2 aromatic rings. The van der Waals surface area contributed by atoms with Gasteiger partial charge >= 0.3 is 0 Å². The zero-order valence-corrected chi connectivity index (χ0v) is 16.3. The molecule has 0 bridgehead atoms. The van der Waals surface area contributed by atoms with Gasteiger partial charge in [-0.3, -0.25) is 4.57 Å². The van der Waals surface area contributed by atoms with Crippen LogP contribution in [0.25, 0.3) is 11.4 Å². The second kappa shape index (κ2) is 8.19. The molecule has 2 aliphatic heterocycles. The quantitative estimate of drug-likeness (QED) is 0.784. The third-order valence-corrected chi connectivity index (χ3v) is 5.69. The van der Waals surface area contributed by atoms with Crippen molar-refractivity contribution >= 4 is 23.8 Å². The zero-order valence-electron chi connectivity index (χ0n) is 14.7. The molecule has 2 aliphatic rings. The average Bonchev–Trinajstić information content (AvgIpc) is 3.27. The second-order valence-electron chi connectivity index (χ2n) is 6.88. The molecule has 0 radical (unpaired) electrons. The lowest BCUT2D eigenvalue weighted by Crippen LogP contribution is -3.13. The highest BCUT2D eigenvalue weighted by Gasteiger charge is 2.22. The lowest BCUT2D eigenvalue weighted by molar-refractivity contribution is -0.930. The number of hydrogen-bond acceptors (Lipinski definition) is 4. The Labute approximate surface area is 163 Å². The van der Waals surface area contributed by atoms with Crippen LogP contribution in [0.1, 0.15) is 12.8 Å². The lowest BCUT2D eigenvalue weighted by atomic mass is 10.2. The molecule has 0 unspecified atom stereocenters. The van der Waals surface area contributed by atoms with E-state index in [0.717, 1.165) is 80.1 Å². The largest absolute Gasteiger partial charge is 0.376 e. The van der Waals surface area contributed by atoms with Gasteiger partial charge in [0.2, 0.25) is 4.77 Å². The van der Waals surface area contributed by atoms with Crippen molar-refractivity contribution in [3.8, 4) is 11.4 Å². The van der Waals surface area contributed by atoms with E-state index in [4.69, 9.17) is 38.4 Å². The molecule has 140 valence electrons. The molecule has 1 aromatic carbocycles. The fourth-order valence-corrected chi connectivity index (χ4v) is 3.94. The Hall–Kier alpha value is -1.25. The van der Waals surface area contributed by atoms with Crippen molar-refractivity contribution in [1.82, 2.24) is 14.3 Å². The van der Waals surface area contributed by atoms with Crippen molar-refractivity contribution in [2.24, 2.45) is 0 Å². The molecule has 4 rings (SSSR count). The maximum atomic E-state index is 6.05. The van der Waals surface area contributed by atoms with Crippen LogP contribution in [-0.2, 0) is 22.7 Å². The van der Waals surface area contributed by atoms with Crippen LogP contribution < -0.4 is 4.90 Å². The molecule has 0 aliphatic carbocycles. The number of nitrogens with one attached hydrogen (secondary N) is 1. The number of aromatic nitrogens is 3. The summed E-state index contributed by atoms with van der Waals surface area (Å²) in [6.07, 6.45) is 2.39. The third-order valence-electron chi connectivity index (χ3n) is 5.01. The molecular weight excluding hydrogens is 372 g/mol. The Kier molecular flexibility index (Phi) is 5.71. The summed E-state index contributed by atoms with van der Waals surface area (Å²) in [6, 6.07) is 7.78. The number of nitrogens with zero attached hydrogens (tertiary/aromatic N) is 3. The van der Waals surface area contributed by atoms with Gasteiger partial charge in [-0.1, -0.05) is 11.6 Å². The molecule has 0 spiro atoms. The SMILES string of the molecule is S=c1n(C[NH+]2CCOCC2)nc(-c2ccc(Cl)cc2)n1C[C@H]1CCCO1. The van der Waals surface area contributed by atoms with E-state index < -0.39 is 0 Å². The first-order chi connectivity index (χ1) is 12.7. The summed E-state index contributed by atoms with van der Waals surface area (Å²) in [6.45, 7) is 5.90. The van der Waals surface area contributed by atoms with E-state index in [1.807, 2.05) is 28.9 Å². The van der Waals surface area contributed by atoms with Crippen LogP contribution in [0.2, 0.25) is 5.02 Å². The van der Waals surface area contributed by atoms with Crippen LogP contribution in [0, 0.1) is 4.77 Å². The highest BCUT2D eigenvalue weighted by molar-refractivity contribution is 7.71. The Morgan fingerprint density at radius 1 is 1.19 bits per heavy atom. The van der Waals surface area contributed by atoms with E-state index in [1.165, 1.54) is 4.90 Å². The summed E-state index contributed by atoms with van der Waals surface area (Å²) < 4.78 is 16.1. The summed E-state index contributed by atoms with van der Waals surface area (Å²) in [7, 11) is 0. The van der Waals surface area contributed by atoms with Crippen molar-refractivity contribution in [2.75, 3.05) is 32.9 Å². The van der Waals surface area contributed by atoms with Gasteiger partial charge in [0, 0.05) is 17.2 Å². The average molecular weight is 396 g/mol. The summed E-state index contributed by atoms with van der Waals surface area (Å²) in [5.74, 6) is 0.884. The molecule has 0 saturated carbocycles. The topological polar surface area (TPSA) is 45.7 Å². The monoisotopic (exact) mass is 395 g/mol. The van der Waals surface area contributed by atoms with Crippen LogP contribution >= 0.6 is 23.8 Å². The highest BCUT2D eigenvalue weighted by atomic mass is 35.5. The first-order valence-electron chi connectivity index (χ1n) is 9.17. The van der Waals surface area contributed by atoms with Gasteiger partial charge in [0.1, 0.15) is 13.1 Å². The number of ether oxygens (including phenoxy) is 2. The van der Waals surface area contributed by atoms with Gasteiger partial charge < -0.3 is 14.4 Å². The van der Waals surface area contributed by atoms with E-state index in [2.05, 4.69) is 4.57 Å². The van der Waals surface area contributed by atoms with Crippen molar-refractivity contribution < 1.29 is 14.4 Å². The third kappa shape index (κ3) is 4.02. The second-order valence-corrected chi connectivity index (χ2v) is 7.68. The van der Waals surface area contributed by atoms with E-state index in [9.17, 15) is 0 Å².